The van der Waals surface area contributed by atoms with Crippen molar-refractivity contribution in [2.75, 3.05) is 25.1 Å². The predicted molar refractivity (Wildman–Crippen MR) is 98.2 cm³/mol. The van der Waals surface area contributed by atoms with Gasteiger partial charge in [0.1, 0.15) is 22.6 Å². The first-order chi connectivity index (χ1) is 12.7. The molecular weight excluding hydrogens is 332 g/mol. The lowest BCUT2D eigenvalue weighted by atomic mass is 10.2. The van der Waals surface area contributed by atoms with E-state index in [-0.39, 0.29) is 5.69 Å². The minimum Gasteiger partial charge on any atom is -0.491 e. The Morgan fingerprint density at radius 2 is 2.04 bits per heavy atom. The molecule has 0 unspecified atom stereocenters. The molecule has 4 aromatic rings. The topological polar surface area (TPSA) is 88.9 Å². The van der Waals surface area contributed by atoms with Crippen LogP contribution in [-0.4, -0.2) is 44.7 Å². The van der Waals surface area contributed by atoms with Gasteiger partial charge in [0, 0.05) is 32.1 Å². The lowest BCUT2D eigenvalue weighted by Gasteiger charge is -2.21. The molecule has 5 heterocycles. The summed E-state index contributed by atoms with van der Waals surface area (Å²) < 4.78 is 7.46. The second kappa shape index (κ2) is 5.55. The smallest absolute Gasteiger partial charge is 0.333 e. The summed E-state index contributed by atoms with van der Waals surface area (Å²) in [5.74, 6) is 1.12. The Labute approximate surface area is 148 Å². The van der Waals surface area contributed by atoms with Crippen LogP contribution in [0.2, 0.25) is 0 Å². The first kappa shape index (κ1) is 14.9. The molecule has 2 bridgehead atoms. The van der Waals surface area contributed by atoms with Crippen molar-refractivity contribution in [3.8, 4) is 11.6 Å². The number of rotatable bonds is 0. The van der Waals surface area contributed by atoms with Gasteiger partial charge in [0.25, 0.3) is 0 Å². The molecule has 0 fully saturated rings. The number of imidazole rings is 1. The van der Waals surface area contributed by atoms with Crippen LogP contribution in [0.5, 0.6) is 5.75 Å². The van der Waals surface area contributed by atoms with Gasteiger partial charge in [-0.15, -0.1) is 0 Å². The molecule has 26 heavy (non-hydrogen) atoms. The summed E-state index contributed by atoms with van der Waals surface area (Å²) >= 11 is 0. The Morgan fingerprint density at radius 1 is 1.15 bits per heavy atom. The van der Waals surface area contributed by atoms with Gasteiger partial charge in [0.15, 0.2) is 5.65 Å². The zero-order valence-corrected chi connectivity index (χ0v) is 14.1. The summed E-state index contributed by atoms with van der Waals surface area (Å²) in [5, 5.41) is 0. The lowest BCUT2D eigenvalue weighted by Crippen LogP contribution is -2.22. The zero-order valence-electron chi connectivity index (χ0n) is 14.1. The average Bonchev–Trinajstić information content (AvgIpc) is 2.99. The minimum absolute atomic E-state index is 0.300. The fraction of sp³-hybridized carbons (Fsp3) is 0.222. The third-order valence-corrected chi connectivity index (χ3v) is 4.62. The molecule has 1 aliphatic heterocycles. The molecule has 0 saturated heterocycles. The van der Waals surface area contributed by atoms with E-state index in [1.807, 2.05) is 19.2 Å². The van der Waals surface area contributed by atoms with Crippen LogP contribution in [0.25, 0.3) is 28.0 Å². The Kier molecular flexibility index (Phi) is 3.18. The van der Waals surface area contributed by atoms with Crippen LogP contribution in [-0.2, 0) is 0 Å². The van der Waals surface area contributed by atoms with Gasteiger partial charge in [-0.2, -0.15) is 0 Å². The maximum Gasteiger partial charge on any atom is 0.333 e. The zero-order chi connectivity index (χ0) is 17.7. The van der Waals surface area contributed by atoms with E-state index >= 15 is 0 Å². The first-order valence-corrected chi connectivity index (χ1v) is 8.42. The maximum absolute atomic E-state index is 12.6. The summed E-state index contributed by atoms with van der Waals surface area (Å²) in [6.07, 6.45) is 4.24. The van der Waals surface area contributed by atoms with E-state index in [4.69, 9.17) is 9.72 Å². The number of nitrogens with zero attached hydrogens (tertiary/aromatic N) is 5. The standard InChI is InChI=1S/C18H16N6O2/c1-23-9-2-10-26-13-6-8-20-17-16(13)24(18(25)22-17)14-4-3-11-15(21-14)12(23)5-7-19-11/h3-8H,2,9-10H2,1H3,(H,20,22,25). The fourth-order valence-electron chi connectivity index (χ4n) is 3.38. The highest BCUT2D eigenvalue weighted by molar-refractivity contribution is 5.89. The van der Waals surface area contributed by atoms with Crippen LogP contribution < -0.4 is 15.3 Å². The number of aromatic nitrogens is 5. The number of anilines is 1. The van der Waals surface area contributed by atoms with Crippen molar-refractivity contribution in [1.29, 1.82) is 0 Å². The Morgan fingerprint density at radius 3 is 2.96 bits per heavy atom. The van der Waals surface area contributed by atoms with E-state index in [9.17, 15) is 4.79 Å². The van der Waals surface area contributed by atoms with E-state index < -0.39 is 0 Å². The van der Waals surface area contributed by atoms with Gasteiger partial charge >= 0.3 is 5.69 Å². The van der Waals surface area contributed by atoms with Crippen LogP contribution in [0.3, 0.4) is 0 Å². The normalized spacial score (nSPS) is 14.3. The van der Waals surface area contributed by atoms with Gasteiger partial charge in [0.05, 0.1) is 17.8 Å². The van der Waals surface area contributed by atoms with Crippen molar-refractivity contribution in [1.82, 2.24) is 24.5 Å². The fourth-order valence-corrected chi connectivity index (χ4v) is 3.38. The molecule has 8 nitrogen and oxygen atoms in total. The highest BCUT2D eigenvalue weighted by atomic mass is 16.5. The van der Waals surface area contributed by atoms with Crippen LogP contribution in [0.15, 0.2) is 41.5 Å². The van der Waals surface area contributed by atoms with E-state index in [1.54, 1.807) is 24.5 Å². The SMILES string of the molecule is CN1CCCOc2ccnc3[nH]c(=O)n(c23)-c2ccc3nccc1c3n2. The van der Waals surface area contributed by atoms with Crippen molar-refractivity contribution in [3.63, 3.8) is 0 Å². The predicted octanol–water partition coefficient (Wildman–Crippen LogP) is 1.88. The minimum atomic E-state index is -0.300. The molecule has 5 rings (SSSR count). The Hall–Kier alpha value is -3.42. The van der Waals surface area contributed by atoms with E-state index in [1.165, 1.54) is 4.57 Å². The second-order valence-corrected chi connectivity index (χ2v) is 6.26. The van der Waals surface area contributed by atoms with E-state index in [2.05, 4.69) is 19.9 Å². The molecule has 0 saturated carbocycles. The average molecular weight is 348 g/mol. The highest BCUT2D eigenvalue weighted by Crippen LogP contribution is 2.28. The van der Waals surface area contributed by atoms with Gasteiger partial charge in [0.2, 0.25) is 0 Å². The molecule has 1 N–H and O–H groups in total. The number of ether oxygens (including phenoxy) is 1. The summed E-state index contributed by atoms with van der Waals surface area (Å²) in [5.41, 5.74) is 3.31. The molecule has 0 aliphatic carbocycles. The molecule has 4 aromatic heterocycles. The first-order valence-electron chi connectivity index (χ1n) is 8.42. The number of hydrogen-bond donors (Lipinski definition) is 1. The van der Waals surface area contributed by atoms with Gasteiger partial charge in [-0.05, 0) is 24.6 Å². The second-order valence-electron chi connectivity index (χ2n) is 6.26. The molecule has 0 aromatic carbocycles. The van der Waals surface area contributed by atoms with Crippen molar-refractivity contribution >= 4 is 27.9 Å². The molecule has 1 aliphatic rings. The molecule has 0 atom stereocenters. The van der Waals surface area contributed by atoms with Crippen LogP contribution >= 0.6 is 0 Å². The number of pyridine rings is 3. The highest BCUT2D eigenvalue weighted by Gasteiger charge is 2.18. The van der Waals surface area contributed by atoms with Crippen molar-refractivity contribution in [3.05, 3.63) is 47.1 Å². The van der Waals surface area contributed by atoms with Crippen molar-refractivity contribution < 1.29 is 4.74 Å². The number of aromatic amines is 1. The third-order valence-electron chi connectivity index (χ3n) is 4.62. The number of hydrogen-bond acceptors (Lipinski definition) is 6. The van der Waals surface area contributed by atoms with E-state index in [0.717, 1.165) is 29.7 Å². The molecule has 0 radical (unpaired) electrons. The Bertz CT molecular complexity index is 1200. The molecular formula is C18H16N6O2. The van der Waals surface area contributed by atoms with Crippen molar-refractivity contribution in [2.24, 2.45) is 0 Å². The summed E-state index contributed by atoms with van der Waals surface area (Å²) in [4.78, 5) is 30.9. The Balaban J connectivity index is 1.89. The van der Waals surface area contributed by atoms with Crippen LogP contribution in [0.4, 0.5) is 5.69 Å². The quantitative estimate of drug-likeness (QED) is 0.522. The number of nitrogens with one attached hydrogen (secondary N) is 1. The van der Waals surface area contributed by atoms with Gasteiger partial charge in [-0.25, -0.2) is 19.3 Å². The summed E-state index contributed by atoms with van der Waals surface area (Å²) in [6, 6.07) is 7.38. The number of H-pyrrole nitrogens is 1. The molecule has 0 amide bonds. The molecule has 130 valence electrons. The molecule has 0 spiro atoms. The third kappa shape index (κ3) is 2.15. The van der Waals surface area contributed by atoms with Gasteiger partial charge < -0.3 is 9.64 Å². The maximum atomic E-state index is 12.6. The monoisotopic (exact) mass is 348 g/mol. The number of fused-ring (bicyclic) bond motifs is 2. The van der Waals surface area contributed by atoms with E-state index in [0.29, 0.717) is 29.3 Å². The lowest BCUT2D eigenvalue weighted by molar-refractivity contribution is 0.315. The summed E-state index contributed by atoms with van der Waals surface area (Å²) in [6.45, 7) is 1.36. The van der Waals surface area contributed by atoms with Crippen LogP contribution in [0.1, 0.15) is 6.42 Å². The summed E-state index contributed by atoms with van der Waals surface area (Å²) in [7, 11) is 2.02. The van der Waals surface area contributed by atoms with Crippen molar-refractivity contribution in [2.45, 2.75) is 6.42 Å². The van der Waals surface area contributed by atoms with Gasteiger partial charge in [-0.3, -0.25) is 9.97 Å². The van der Waals surface area contributed by atoms with Crippen LogP contribution in [0, 0.1) is 0 Å². The molecule has 8 heteroatoms. The van der Waals surface area contributed by atoms with Gasteiger partial charge in [-0.1, -0.05) is 0 Å². The largest absolute Gasteiger partial charge is 0.491 e.